The van der Waals surface area contributed by atoms with Gasteiger partial charge in [-0.05, 0) is 56.6 Å². The topological polar surface area (TPSA) is 89.4 Å². The van der Waals surface area contributed by atoms with Crippen molar-refractivity contribution in [3.63, 3.8) is 0 Å². The van der Waals surface area contributed by atoms with E-state index in [-0.39, 0.29) is 0 Å². The van der Waals surface area contributed by atoms with Crippen LogP contribution in [-0.4, -0.2) is 77.5 Å². The molecule has 39 heavy (non-hydrogen) atoms. The minimum atomic E-state index is -1.12. The molecule has 1 saturated carbocycles. The summed E-state index contributed by atoms with van der Waals surface area (Å²) < 4.78 is 13.5. The van der Waals surface area contributed by atoms with E-state index in [4.69, 9.17) is 19.4 Å². The molecule has 3 aromatic heterocycles. The van der Waals surface area contributed by atoms with Gasteiger partial charge in [-0.25, -0.2) is 9.97 Å². The van der Waals surface area contributed by atoms with Gasteiger partial charge in [0.1, 0.15) is 17.4 Å². The third-order valence-corrected chi connectivity index (χ3v) is 11.2. The van der Waals surface area contributed by atoms with Crippen molar-refractivity contribution in [1.82, 2.24) is 24.4 Å². The molecule has 0 radical (unpaired) electrons. The summed E-state index contributed by atoms with van der Waals surface area (Å²) in [6.45, 7) is 12.3. The number of hydrogen-bond acceptors (Lipinski definition) is 9. The largest absolute Gasteiger partial charge is 0.379 e. The molecule has 212 valence electrons. The minimum Gasteiger partial charge on any atom is -0.379 e. The number of fused-ring (bicyclic) bond motifs is 3. The Kier molecular flexibility index (Phi) is 8.22. The van der Waals surface area contributed by atoms with Gasteiger partial charge in [0.15, 0.2) is 0 Å². The van der Waals surface area contributed by atoms with E-state index in [9.17, 15) is 0 Å². The van der Waals surface area contributed by atoms with Gasteiger partial charge in [-0.2, -0.15) is 4.98 Å². The molecular formula is C28H43N7O2SSi. The van der Waals surface area contributed by atoms with Crippen LogP contribution in [0.1, 0.15) is 42.5 Å². The molecule has 2 fully saturated rings. The zero-order valence-electron chi connectivity index (χ0n) is 23.7. The molecule has 3 aromatic rings. The van der Waals surface area contributed by atoms with Gasteiger partial charge in [-0.1, -0.05) is 19.6 Å². The van der Waals surface area contributed by atoms with Crippen LogP contribution in [0.2, 0.25) is 25.7 Å². The number of imidazole rings is 1. The highest BCUT2D eigenvalue weighted by Gasteiger charge is 2.29. The molecule has 6 rings (SSSR count). The fourth-order valence-corrected chi connectivity index (χ4v) is 8.07. The first-order valence-corrected chi connectivity index (χ1v) is 19.2. The molecule has 1 aliphatic heterocycles. The van der Waals surface area contributed by atoms with E-state index < -0.39 is 8.07 Å². The Morgan fingerprint density at radius 3 is 2.72 bits per heavy atom. The third kappa shape index (κ3) is 6.48. The summed E-state index contributed by atoms with van der Waals surface area (Å²) in [5.74, 6) is 2.30. The lowest BCUT2D eigenvalue weighted by Crippen LogP contribution is -2.46. The van der Waals surface area contributed by atoms with Crippen LogP contribution in [0.3, 0.4) is 0 Å². The van der Waals surface area contributed by atoms with E-state index in [0.29, 0.717) is 30.7 Å². The molecule has 0 amide bonds. The maximum Gasteiger partial charge on any atom is 0.232 e. The van der Waals surface area contributed by atoms with Crippen LogP contribution in [0.4, 0.5) is 17.7 Å². The first-order chi connectivity index (χ1) is 18.9. The van der Waals surface area contributed by atoms with Crippen LogP contribution in [0, 0.1) is 0 Å². The molecule has 4 heterocycles. The Bertz CT molecular complexity index is 1260. The standard InChI is InChI=1S/C28H43N7O2SSi/c1-39(2,3)18-17-37-19-35-12-11-29-28(35)33-27-31-25(24-22-5-4-6-23(22)38-26(24)32-27)30-20-7-9-21(10-8-20)34-13-15-36-16-14-34/h11-12,20-21H,4-10,13-19H2,1-3H3,(H2,29,30,31,32,33)/t20-,21-. The van der Waals surface area contributed by atoms with E-state index >= 15 is 0 Å². The van der Waals surface area contributed by atoms with Crippen LogP contribution in [0.15, 0.2) is 12.4 Å². The summed E-state index contributed by atoms with van der Waals surface area (Å²) in [5.41, 5.74) is 1.46. The first kappa shape index (κ1) is 27.1. The van der Waals surface area contributed by atoms with Crippen molar-refractivity contribution in [2.24, 2.45) is 0 Å². The zero-order chi connectivity index (χ0) is 26.8. The molecule has 0 spiro atoms. The lowest BCUT2D eigenvalue weighted by molar-refractivity contribution is 0.00791. The smallest absolute Gasteiger partial charge is 0.232 e. The number of aryl methyl sites for hydroxylation is 2. The van der Waals surface area contributed by atoms with Crippen molar-refractivity contribution in [3.05, 3.63) is 22.8 Å². The molecule has 0 bridgehead atoms. The van der Waals surface area contributed by atoms with E-state index in [1.165, 1.54) is 47.9 Å². The molecule has 1 saturated heterocycles. The Hall–Kier alpha value is -2.05. The predicted octanol–water partition coefficient (Wildman–Crippen LogP) is 5.49. The van der Waals surface area contributed by atoms with Crippen LogP contribution in [0.5, 0.6) is 0 Å². The number of morpholine rings is 1. The minimum absolute atomic E-state index is 0.437. The molecular weight excluding hydrogens is 527 g/mol. The average molecular weight is 570 g/mol. The quantitative estimate of drug-likeness (QED) is 0.245. The second-order valence-electron chi connectivity index (χ2n) is 12.4. The fraction of sp³-hybridized carbons (Fsp3) is 0.679. The Balaban J connectivity index is 1.17. The number of ether oxygens (including phenoxy) is 2. The molecule has 0 aromatic carbocycles. The maximum atomic E-state index is 5.98. The molecule has 0 atom stereocenters. The molecule has 2 N–H and O–H groups in total. The second kappa shape index (κ2) is 11.8. The maximum absolute atomic E-state index is 5.98. The van der Waals surface area contributed by atoms with Gasteiger partial charge in [0.25, 0.3) is 0 Å². The van der Waals surface area contributed by atoms with Crippen LogP contribution < -0.4 is 10.6 Å². The van der Waals surface area contributed by atoms with Crippen molar-refractivity contribution >= 4 is 47.3 Å². The monoisotopic (exact) mass is 569 g/mol. The van der Waals surface area contributed by atoms with E-state index in [1.54, 1.807) is 6.20 Å². The van der Waals surface area contributed by atoms with Crippen molar-refractivity contribution in [3.8, 4) is 0 Å². The number of thiophene rings is 1. The van der Waals surface area contributed by atoms with E-state index in [1.807, 2.05) is 22.1 Å². The Labute approximate surface area is 236 Å². The van der Waals surface area contributed by atoms with Crippen molar-refractivity contribution in [2.45, 2.75) is 89.4 Å². The lowest BCUT2D eigenvalue weighted by Gasteiger charge is -2.39. The van der Waals surface area contributed by atoms with Gasteiger partial charge in [0.2, 0.25) is 11.9 Å². The fourth-order valence-electron chi connectivity index (χ4n) is 6.06. The summed E-state index contributed by atoms with van der Waals surface area (Å²) in [6.07, 6.45) is 12.1. The van der Waals surface area contributed by atoms with Crippen molar-refractivity contribution in [2.75, 3.05) is 43.5 Å². The predicted molar refractivity (Wildman–Crippen MR) is 161 cm³/mol. The summed E-state index contributed by atoms with van der Waals surface area (Å²) in [5, 5.41) is 8.52. The van der Waals surface area contributed by atoms with Gasteiger partial charge in [-0.15, -0.1) is 11.3 Å². The third-order valence-electron chi connectivity index (χ3n) is 8.33. The molecule has 0 unspecified atom stereocenters. The molecule has 3 aliphatic rings. The summed E-state index contributed by atoms with van der Waals surface area (Å²) in [7, 11) is -1.12. The summed E-state index contributed by atoms with van der Waals surface area (Å²) >= 11 is 1.83. The van der Waals surface area contributed by atoms with Gasteiger partial charge in [-0.3, -0.25) is 14.8 Å². The first-order valence-electron chi connectivity index (χ1n) is 14.7. The molecule has 2 aliphatic carbocycles. The highest BCUT2D eigenvalue weighted by atomic mass is 32.1. The Morgan fingerprint density at radius 2 is 1.92 bits per heavy atom. The number of nitrogens with one attached hydrogen (secondary N) is 2. The normalized spacial score (nSPS) is 22.3. The SMILES string of the molecule is C[Si](C)(C)CCOCn1ccnc1Nc1nc(N[C@H]2CC[C@H](N3CCOCC3)CC2)c2c3c(sc2n1)CCC3. The zero-order valence-corrected chi connectivity index (χ0v) is 25.5. The Morgan fingerprint density at radius 1 is 1.10 bits per heavy atom. The van der Waals surface area contributed by atoms with Gasteiger partial charge in [0.05, 0.1) is 18.6 Å². The van der Waals surface area contributed by atoms with E-state index in [2.05, 4.69) is 40.2 Å². The number of rotatable bonds is 10. The van der Waals surface area contributed by atoms with Crippen LogP contribution in [0.25, 0.3) is 10.2 Å². The molecule has 9 nitrogen and oxygen atoms in total. The van der Waals surface area contributed by atoms with Crippen LogP contribution >= 0.6 is 11.3 Å². The summed E-state index contributed by atoms with van der Waals surface area (Å²) in [6, 6.07) is 2.27. The lowest BCUT2D eigenvalue weighted by atomic mass is 9.90. The molecule has 11 heteroatoms. The van der Waals surface area contributed by atoms with Crippen LogP contribution in [-0.2, 0) is 29.0 Å². The van der Waals surface area contributed by atoms with Crippen molar-refractivity contribution in [1.29, 1.82) is 0 Å². The van der Waals surface area contributed by atoms with Crippen molar-refractivity contribution < 1.29 is 9.47 Å². The van der Waals surface area contributed by atoms with Gasteiger partial charge in [0, 0.05) is 57.1 Å². The number of anilines is 3. The van der Waals surface area contributed by atoms with E-state index in [0.717, 1.165) is 62.4 Å². The number of hydrogen-bond donors (Lipinski definition) is 2. The average Bonchev–Trinajstić information content (AvgIpc) is 3.64. The van der Waals surface area contributed by atoms with Gasteiger partial charge < -0.3 is 14.8 Å². The summed E-state index contributed by atoms with van der Waals surface area (Å²) in [4.78, 5) is 19.7. The number of nitrogens with zero attached hydrogens (tertiary/aromatic N) is 5. The highest BCUT2D eigenvalue weighted by molar-refractivity contribution is 7.19. The highest BCUT2D eigenvalue weighted by Crippen LogP contribution is 2.41. The number of aromatic nitrogens is 4. The second-order valence-corrected chi connectivity index (χ2v) is 19.1. The van der Waals surface area contributed by atoms with Gasteiger partial charge >= 0.3 is 0 Å².